The van der Waals surface area contributed by atoms with E-state index in [9.17, 15) is 4.79 Å². The summed E-state index contributed by atoms with van der Waals surface area (Å²) in [6.07, 6.45) is 6.17. The first-order valence-electron chi connectivity index (χ1n) is 10.6. The first-order chi connectivity index (χ1) is 15.7. The summed E-state index contributed by atoms with van der Waals surface area (Å²) in [4.78, 5) is 30.5. The third-order valence-electron chi connectivity index (χ3n) is 5.65. The average Bonchev–Trinajstić information content (AvgIpc) is 3.33. The van der Waals surface area contributed by atoms with Gasteiger partial charge in [-0.1, -0.05) is 30.3 Å². The number of carbonyl (C=O) groups is 1. The summed E-state index contributed by atoms with van der Waals surface area (Å²) in [7, 11) is 0. The molecule has 1 saturated heterocycles. The van der Waals surface area contributed by atoms with E-state index in [2.05, 4.69) is 20.6 Å². The number of nitrogens with two attached hydrogens (primary N) is 1. The van der Waals surface area contributed by atoms with E-state index in [4.69, 9.17) is 15.7 Å². The van der Waals surface area contributed by atoms with Crippen LogP contribution in [0, 0.1) is 0 Å². The number of rotatable bonds is 6. The molecule has 0 bridgehead atoms. The Morgan fingerprint density at radius 2 is 2.00 bits per heavy atom. The number of anilines is 1. The van der Waals surface area contributed by atoms with E-state index < -0.39 is 11.8 Å². The Labute approximate surface area is 185 Å². The van der Waals surface area contributed by atoms with Crippen molar-refractivity contribution in [3.8, 4) is 11.4 Å². The van der Waals surface area contributed by atoms with Crippen LogP contribution >= 0.6 is 0 Å². The number of amides is 1. The monoisotopic (exact) mass is 425 g/mol. The predicted molar refractivity (Wildman–Crippen MR) is 123 cm³/mol. The van der Waals surface area contributed by atoms with Crippen molar-refractivity contribution in [2.75, 3.05) is 18.4 Å². The van der Waals surface area contributed by atoms with Crippen LogP contribution in [0.4, 0.5) is 5.82 Å². The molecule has 1 amide bonds. The fourth-order valence-corrected chi connectivity index (χ4v) is 4.06. The topological polar surface area (TPSA) is 119 Å². The molecule has 1 fully saturated rings. The van der Waals surface area contributed by atoms with Crippen molar-refractivity contribution in [1.82, 2.24) is 25.3 Å². The highest BCUT2D eigenvalue weighted by Crippen LogP contribution is 2.28. The minimum absolute atomic E-state index is 0.305. The Kier molecular flexibility index (Phi) is 5.43. The third-order valence-corrected chi connectivity index (χ3v) is 5.65. The standard InChI is InChI=1S/C24H23N7O/c25-22(32)21(15-4-2-1-3-5-15)19-12-16(6-11-28-19)23-30-20-14-27-10-8-18(20)24(31-23)29-17-7-9-26-13-17/h1-6,8,10-12,14,17,21,26H,7,9,13H2,(H2,25,32)(H,29,30,31)/t17-,21?/m1/s1. The fraction of sp³-hybridized carbons (Fsp3) is 0.208. The zero-order valence-electron chi connectivity index (χ0n) is 17.4. The second-order valence-electron chi connectivity index (χ2n) is 7.84. The number of nitrogens with one attached hydrogen (secondary N) is 2. The van der Waals surface area contributed by atoms with E-state index in [0.717, 1.165) is 47.4 Å². The molecule has 0 aliphatic carbocycles. The maximum absolute atomic E-state index is 12.3. The van der Waals surface area contributed by atoms with Crippen molar-refractivity contribution in [1.29, 1.82) is 0 Å². The zero-order valence-corrected chi connectivity index (χ0v) is 17.4. The van der Waals surface area contributed by atoms with Crippen molar-refractivity contribution in [3.05, 3.63) is 78.4 Å². The van der Waals surface area contributed by atoms with Gasteiger partial charge in [0.2, 0.25) is 5.91 Å². The maximum atomic E-state index is 12.3. The smallest absolute Gasteiger partial charge is 0.231 e. The molecule has 1 aromatic carbocycles. The molecule has 1 unspecified atom stereocenters. The summed E-state index contributed by atoms with van der Waals surface area (Å²) in [6, 6.07) is 15.3. The molecule has 1 aliphatic rings. The van der Waals surface area contributed by atoms with Crippen LogP contribution < -0.4 is 16.4 Å². The summed E-state index contributed by atoms with van der Waals surface area (Å²) in [5.74, 6) is 0.203. The summed E-state index contributed by atoms with van der Waals surface area (Å²) in [5.41, 5.74) is 8.61. The first kappa shape index (κ1) is 20.0. The molecule has 0 saturated carbocycles. The van der Waals surface area contributed by atoms with Gasteiger partial charge in [-0.15, -0.1) is 0 Å². The Morgan fingerprint density at radius 1 is 1.12 bits per heavy atom. The van der Waals surface area contributed by atoms with Gasteiger partial charge in [0.25, 0.3) is 0 Å². The Morgan fingerprint density at radius 3 is 2.78 bits per heavy atom. The van der Waals surface area contributed by atoms with Gasteiger partial charge in [-0.2, -0.15) is 0 Å². The number of nitrogens with zero attached hydrogens (tertiary/aromatic N) is 4. The number of carbonyl (C=O) groups excluding carboxylic acids is 1. The second-order valence-corrected chi connectivity index (χ2v) is 7.84. The number of pyridine rings is 2. The minimum atomic E-state index is -0.652. The molecular weight excluding hydrogens is 402 g/mol. The first-order valence-corrected chi connectivity index (χ1v) is 10.6. The lowest BCUT2D eigenvalue weighted by Gasteiger charge is -2.16. The molecular formula is C24H23N7O. The lowest BCUT2D eigenvalue weighted by molar-refractivity contribution is -0.118. The van der Waals surface area contributed by atoms with E-state index in [1.165, 1.54) is 0 Å². The van der Waals surface area contributed by atoms with Crippen molar-refractivity contribution in [2.24, 2.45) is 5.73 Å². The quantitative estimate of drug-likeness (QED) is 0.434. The number of hydrogen-bond donors (Lipinski definition) is 3. The molecule has 2 atom stereocenters. The molecule has 5 rings (SSSR count). The van der Waals surface area contributed by atoms with Crippen LogP contribution in [0.3, 0.4) is 0 Å². The van der Waals surface area contributed by atoms with Crippen LogP contribution in [-0.2, 0) is 4.79 Å². The molecule has 4 aromatic rings. The number of benzene rings is 1. The lowest BCUT2D eigenvalue weighted by atomic mass is 9.93. The third kappa shape index (κ3) is 4.00. The molecule has 1 aliphatic heterocycles. The van der Waals surface area contributed by atoms with Crippen molar-refractivity contribution < 1.29 is 4.79 Å². The zero-order chi connectivity index (χ0) is 21.9. The predicted octanol–water partition coefficient (Wildman–Crippen LogP) is 2.48. The van der Waals surface area contributed by atoms with Gasteiger partial charge in [-0.3, -0.25) is 14.8 Å². The van der Waals surface area contributed by atoms with E-state index in [0.29, 0.717) is 17.6 Å². The molecule has 4 heterocycles. The van der Waals surface area contributed by atoms with Crippen molar-refractivity contribution in [2.45, 2.75) is 18.4 Å². The van der Waals surface area contributed by atoms with Crippen molar-refractivity contribution in [3.63, 3.8) is 0 Å². The average molecular weight is 425 g/mol. The van der Waals surface area contributed by atoms with Crippen molar-refractivity contribution >= 4 is 22.6 Å². The molecule has 8 heteroatoms. The fourth-order valence-electron chi connectivity index (χ4n) is 4.06. The highest BCUT2D eigenvalue weighted by Gasteiger charge is 2.23. The van der Waals surface area contributed by atoms with Gasteiger partial charge in [0.15, 0.2) is 5.82 Å². The normalized spacial score (nSPS) is 16.7. The molecule has 8 nitrogen and oxygen atoms in total. The van der Waals surface area contributed by atoms with Crippen LogP contribution in [0.5, 0.6) is 0 Å². The SMILES string of the molecule is NC(=O)C(c1ccccc1)c1cc(-c2nc(N[C@@H]3CCNC3)c3ccncc3n2)ccn1. The van der Waals surface area contributed by atoms with Gasteiger partial charge in [-0.05, 0) is 36.7 Å². The van der Waals surface area contributed by atoms with Crippen LogP contribution in [0.25, 0.3) is 22.3 Å². The van der Waals surface area contributed by atoms with Crippen LogP contribution in [0.1, 0.15) is 23.6 Å². The maximum Gasteiger partial charge on any atom is 0.231 e. The number of hydrogen-bond acceptors (Lipinski definition) is 7. The molecule has 4 N–H and O–H groups in total. The van der Waals surface area contributed by atoms with Crippen LogP contribution in [-0.4, -0.2) is 45.0 Å². The summed E-state index contributed by atoms with van der Waals surface area (Å²) in [5, 5.41) is 7.83. The van der Waals surface area contributed by atoms with Gasteiger partial charge in [0, 0.05) is 35.9 Å². The van der Waals surface area contributed by atoms with E-state index in [1.807, 2.05) is 48.5 Å². The Bertz CT molecular complexity index is 1260. The summed E-state index contributed by atoms with van der Waals surface area (Å²) >= 11 is 0. The molecule has 3 aromatic heterocycles. The van der Waals surface area contributed by atoms with Gasteiger partial charge in [0.05, 0.1) is 17.4 Å². The van der Waals surface area contributed by atoms with Gasteiger partial charge >= 0.3 is 0 Å². The van der Waals surface area contributed by atoms with Crippen LogP contribution in [0.2, 0.25) is 0 Å². The number of fused-ring (bicyclic) bond motifs is 1. The number of primary amides is 1. The second kappa shape index (κ2) is 8.68. The van der Waals surface area contributed by atoms with E-state index >= 15 is 0 Å². The highest BCUT2D eigenvalue weighted by molar-refractivity contribution is 5.90. The van der Waals surface area contributed by atoms with E-state index in [-0.39, 0.29) is 0 Å². The van der Waals surface area contributed by atoms with Gasteiger partial charge in [0.1, 0.15) is 11.7 Å². The van der Waals surface area contributed by atoms with E-state index in [1.54, 1.807) is 18.6 Å². The van der Waals surface area contributed by atoms with Gasteiger partial charge < -0.3 is 16.4 Å². The van der Waals surface area contributed by atoms with Crippen LogP contribution in [0.15, 0.2) is 67.1 Å². The largest absolute Gasteiger partial charge is 0.369 e. The summed E-state index contributed by atoms with van der Waals surface area (Å²) < 4.78 is 0. The molecule has 0 spiro atoms. The molecule has 32 heavy (non-hydrogen) atoms. The number of aromatic nitrogens is 4. The lowest BCUT2D eigenvalue weighted by Crippen LogP contribution is -2.23. The van der Waals surface area contributed by atoms with Gasteiger partial charge in [-0.25, -0.2) is 9.97 Å². The molecule has 0 radical (unpaired) electrons. The highest BCUT2D eigenvalue weighted by atomic mass is 16.1. The molecule has 160 valence electrons. The minimum Gasteiger partial charge on any atom is -0.369 e. The Hall–Kier alpha value is -3.91. The summed E-state index contributed by atoms with van der Waals surface area (Å²) in [6.45, 7) is 1.87. The Balaban J connectivity index is 1.57.